The number of carbonyl (C=O) groups is 1. The first-order valence-corrected chi connectivity index (χ1v) is 7.10. The Balaban J connectivity index is 1.63. The molecule has 1 amide bonds. The lowest BCUT2D eigenvalue weighted by molar-refractivity contribution is -0.134. The minimum absolute atomic E-state index is 0.209. The van der Waals surface area contributed by atoms with Crippen LogP contribution in [0.25, 0.3) is 0 Å². The number of carbonyl (C=O) groups excluding carboxylic acids is 1. The average molecular weight is 244 g/mol. The fraction of sp³-hybridized carbons (Fsp3) is 0.909. The van der Waals surface area contributed by atoms with E-state index in [2.05, 4.69) is 11.6 Å². The zero-order valence-corrected chi connectivity index (χ0v) is 10.6. The van der Waals surface area contributed by atoms with E-state index in [0.29, 0.717) is 24.5 Å². The smallest absolute Gasteiger partial charge is 0.236 e. The second-order valence-corrected chi connectivity index (χ2v) is 5.76. The number of morpholine rings is 1. The molecule has 92 valence electrons. The highest BCUT2D eigenvalue weighted by Gasteiger charge is 2.41. The summed E-state index contributed by atoms with van der Waals surface area (Å²) < 4.78 is 5.65. The van der Waals surface area contributed by atoms with Crippen molar-refractivity contribution in [2.45, 2.75) is 17.6 Å². The van der Waals surface area contributed by atoms with Crippen LogP contribution in [0.4, 0.5) is 0 Å². The second kappa shape index (κ2) is 5.38. The standard InChI is InChI=1S/C11H20N2O2S/c1-16-11(2-3-11)9-12-8-10(14)13-4-6-15-7-5-13/h12H,2-9H2,1H3. The molecule has 0 atom stereocenters. The number of thioether (sulfide) groups is 1. The molecule has 5 heteroatoms. The number of nitrogens with one attached hydrogen (secondary N) is 1. The Labute approximate surface area is 101 Å². The normalized spacial score (nSPS) is 23.2. The third-order valence-electron chi connectivity index (χ3n) is 3.33. The predicted molar refractivity (Wildman–Crippen MR) is 65.7 cm³/mol. The maximum Gasteiger partial charge on any atom is 0.236 e. The Morgan fingerprint density at radius 2 is 2.12 bits per heavy atom. The van der Waals surface area contributed by atoms with Crippen molar-refractivity contribution in [3.8, 4) is 0 Å². The van der Waals surface area contributed by atoms with E-state index >= 15 is 0 Å². The van der Waals surface area contributed by atoms with E-state index in [1.807, 2.05) is 16.7 Å². The minimum atomic E-state index is 0.209. The molecule has 2 fully saturated rings. The highest BCUT2D eigenvalue weighted by atomic mass is 32.2. The molecule has 1 saturated carbocycles. The van der Waals surface area contributed by atoms with Gasteiger partial charge in [-0.2, -0.15) is 11.8 Å². The predicted octanol–water partition coefficient (Wildman–Crippen LogP) is 0.330. The maximum atomic E-state index is 11.8. The Hall–Kier alpha value is -0.260. The van der Waals surface area contributed by atoms with Crippen LogP contribution < -0.4 is 5.32 Å². The molecule has 0 aromatic carbocycles. The van der Waals surface area contributed by atoms with Crippen LogP contribution in [-0.2, 0) is 9.53 Å². The van der Waals surface area contributed by atoms with Gasteiger partial charge in [0.05, 0.1) is 19.8 Å². The van der Waals surface area contributed by atoms with Gasteiger partial charge in [-0.15, -0.1) is 0 Å². The van der Waals surface area contributed by atoms with E-state index in [0.717, 1.165) is 19.6 Å². The van der Waals surface area contributed by atoms with Gasteiger partial charge in [-0.1, -0.05) is 0 Å². The first-order valence-electron chi connectivity index (χ1n) is 5.87. The summed E-state index contributed by atoms with van der Waals surface area (Å²) in [5.41, 5.74) is 0. The number of amides is 1. The second-order valence-electron chi connectivity index (χ2n) is 4.48. The molecule has 0 unspecified atom stereocenters. The van der Waals surface area contributed by atoms with Gasteiger partial charge in [0.2, 0.25) is 5.91 Å². The third kappa shape index (κ3) is 3.12. The van der Waals surface area contributed by atoms with E-state index in [1.54, 1.807) is 0 Å². The van der Waals surface area contributed by atoms with Crippen molar-refractivity contribution in [1.29, 1.82) is 0 Å². The molecule has 1 saturated heterocycles. The molecular weight excluding hydrogens is 224 g/mol. The number of nitrogens with zero attached hydrogens (tertiary/aromatic N) is 1. The fourth-order valence-corrected chi connectivity index (χ4v) is 2.67. The number of hydrogen-bond donors (Lipinski definition) is 1. The summed E-state index contributed by atoms with van der Waals surface area (Å²) >= 11 is 1.92. The average Bonchev–Trinajstić information content (AvgIpc) is 3.11. The molecule has 1 aliphatic carbocycles. The Bertz CT molecular complexity index is 250. The topological polar surface area (TPSA) is 41.6 Å². The summed E-state index contributed by atoms with van der Waals surface area (Å²) in [6, 6.07) is 0. The van der Waals surface area contributed by atoms with E-state index in [4.69, 9.17) is 4.74 Å². The van der Waals surface area contributed by atoms with Crippen LogP contribution in [0.15, 0.2) is 0 Å². The van der Waals surface area contributed by atoms with Gasteiger partial charge in [0, 0.05) is 24.4 Å². The van der Waals surface area contributed by atoms with E-state index in [9.17, 15) is 4.79 Å². The Morgan fingerprint density at radius 1 is 1.44 bits per heavy atom. The van der Waals surface area contributed by atoms with Gasteiger partial charge in [0.15, 0.2) is 0 Å². The van der Waals surface area contributed by atoms with Gasteiger partial charge < -0.3 is 15.0 Å². The van der Waals surface area contributed by atoms with Gasteiger partial charge in [-0.25, -0.2) is 0 Å². The van der Waals surface area contributed by atoms with Crippen molar-refractivity contribution in [3.05, 3.63) is 0 Å². The van der Waals surface area contributed by atoms with Crippen LogP contribution >= 0.6 is 11.8 Å². The molecule has 0 aromatic heterocycles. The van der Waals surface area contributed by atoms with Gasteiger partial charge in [0.1, 0.15) is 0 Å². The lowest BCUT2D eigenvalue weighted by Gasteiger charge is -2.27. The molecule has 0 spiro atoms. The summed E-state index contributed by atoms with van der Waals surface area (Å²) in [5.74, 6) is 0.209. The monoisotopic (exact) mass is 244 g/mol. The summed E-state index contributed by atoms with van der Waals surface area (Å²) in [4.78, 5) is 13.7. The van der Waals surface area contributed by atoms with E-state index in [1.165, 1.54) is 12.8 Å². The number of ether oxygens (including phenoxy) is 1. The van der Waals surface area contributed by atoms with Gasteiger partial charge in [0.25, 0.3) is 0 Å². The maximum absolute atomic E-state index is 11.8. The quantitative estimate of drug-likeness (QED) is 0.757. The molecule has 4 nitrogen and oxygen atoms in total. The molecule has 0 aromatic rings. The number of rotatable bonds is 5. The first-order chi connectivity index (χ1) is 7.76. The van der Waals surface area contributed by atoms with Crippen LogP contribution in [0.2, 0.25) is 0 Å². The zero-order valence-electron chi connectivity index (χ0n) is 9.83. The van der Waals surface area contributed by atoms with Crippen molar-refractivity contribution in [3.63, 3.8) is 0 Å². The highest BCUT2D eigenvalue weighted by Crippen LogP contribution is 2.46. The lowest BCUT2D eigenvalue weighted by Crippen LogP contribution is -2.45. The lowest BCUT2D eigenvalue weighted by atomic mass is 10.3. The molecule has 1 aliphatic heterocycles. The molecule has 1 N–H and O–H groups in total. The summed E-state index contributed by atoms with van der Waals surface area (Å²) in [7, 11) is 0. The van der Waals surface area contributed by atoms with E-state index < -0.39 is 0 Å². The van der Waals surface area contributed by atoms with Crippen molar-refractivity contribution < 1.29 is 9.53 Å². The van der Waals surface area contributed by atoms with Crippen LogP contribution in [-0.4, -0.2) is 61.2 Å². The minimum Gasteiger partial charge on any atom is -0.378 e. The number of hydrogen-bond acceptors (Lipinski definition) is 4. The zero-order chi connectivity index (χ0) is 11.4. The van der Waals surface area contributed by atoms with Gasteiger partial charge in [-0.05, 0) is 19.1 Å². The fourth-order valence-electron chi connectivity index (χ4n) is 1.91. The van der Waals surface area contributed by atoms with Crippen molar-refractivity contribution in [2.75, 3.05) is 45.6 Å². The molecule has 2 rings (SSSR count). The van der Waals surface area contributed by atoms with Crippen molar-refractivity contribution >= 4 is 17.7 Å². The van der Waals surface area contributed by atoms with E-state index in [-0.39, 0.29) is 5.91 Å². The van der Waals surface area contributed by atoms with Gasteiger partial charge >= 0.3 is 0 Å². The SMILES string of the molecule is CSC1(CNCC(=O)N2CCOCC2)CC1. The molecule has 0 bridgehead atoms. The van der Waals surface area contributed by atoms with Crippen LogP contribution in [0.1, 0.15) is 12.8 Å². The third-order valence-corrected chi connectivity index (χ3v) is 4.75. The Morgan fingerprint density at radius 3 is 2.69 bits per heavy atom. The molecule has 16 heavy (non-hydrogen) atoms. The summed E-state index contributed by atoms with van der Waals surface area (Å²) in [6.07, 6.45) is 4.72. The van der Waals surface area contributed by atoms with Crippen LogP contribution in [0, 0.1) is 0 Å². The largest absolute Gasteiger partial charge is 0.378 e. The van der Waals surface area contributed by atoms with Crippen LogP contribution in [0.5, 0.6) is 0 Å². The first kappa shape index (κ1) is 12.2. The van der Waals surface area contributed by atoms with Crippen molar-refractivity contribution in [2.24, 2.45) is 0 Å². The molecular formula is C11H20N2O2S. The van der Waals surface area contributed by atoms with Crippen LogP contribution in [0.3, 0.4) is 0 Å². The summed E-state index contributed by atoms with van der Waals surface area (Å²) in [6.45, 7) is 4.29. The highest BCUT2D eigenvalue weighted by molar-refractivity contribution is 8.00. The molecule has 0 radical (unpaired) electrons. The summed E-state index contributed by atoms with van der Waals surface area (Å²) in [5, 5.41) is 3.28. The molecule has 2 aliphatic rings. The van der Waals surface area contributed by atoms with Gasteiger partial charge in [-0.3, -0.25) is 4.79 Å². The Kier molecular flexibility index (Phi) is 4.10. The van der Waals surface area contributed by atoms with Crippen molar-refractivity contribution in [1.82, 2.24) is 10.2 Å². The molecule has 1 heterocycles.